The molecule has 0 aliphatic rings. The molecule has 0 aromatic heterocycles. The van der Waals surface area contributed by atoms with Crippen LogP contribution in [0, 0.1) is 0 Å². The molecule has 0 saturated carbocycles. The summed E-state index contributed by atoms with van der Waals surface area (Å²) in [4.78, 5) is 0. The molecule has 0 heterocycles. The minimum absolute atomic E-state index is 0. The van der Waals surface area contributed by atoms with Crippen LogP contribution >= 0.6 is 0 Å². The van der Waals surface area contributed by atoms with E-state index in [0.29, 0.717) is 18.8 Å². The van der Waals surface area contributed by atoms with Gasteiger partial charge in [0.25, 0.3) is 0 Å². The molecule has 6 nitrogen and oxygen atoms in total. The second kappa shape index (κ2) is 62.3. The molecule has 0 amide bonds. The SMILES string of the molecule is C.C.CC.CC.CCC.CCC(C)OCC(C)OC(C)CC.CCCOCCOCCC.CCCO[Si](C)(C)OCCC.c1ccccc1. The van der Waals surface area contributed by atoms with Crippen LogP contribution in [0.15, 0.2) is 36.4 Å². The van der Waals surface area contributed by atoms with Crippen LogP contribution in [-0.4, -0.2) is 73.1 Å². The molecule has 0 N–H and O–H groups in total. The van der Waals surface area contributed by atoms with Crippen LogP contribution in [0.3, 0.4) is 0 Å². The quantitative estimate of drug-likeness (QED) is 0.0986. The summed E-state index contributed by atoms with van der Waals surface area (Å²) >= 11 is 0. The van der Waals surface area contributed by atoms with Gasteiger partial charge in [-0.1, -0.05) is 141 Å². The molecule has 1 aromatic rings. The maximum atomic E-state index is 5.67. The van der Waals surface area contributed by atoms with Gasteiger partial charge < -0.3 is 27.8 Å². The van der Waals surface area contributed by atoms with E-state index < -0.39 is 8.56 Å². The lowest BCUT2D eigenvalue weighted by Gasteiger charge is -2.21. The topological polar surface area (TPSA) is 55.4 Å². The van der Waals surface area contributed by atoms with Gasteiger partial charge in [0.15, 0.2) is 0 Å². The third kappa shape index (κ3) is 77.8. The van der Waals surface area contributed by atoms with Gasteiger partial charge in [-0.15, -0.1) is 0 Å². The number of hydrogen-bond acceptors (Lipinski definition) is 6. The van der Waals surface area contributed by atoms with Gasteiger partial charge in [-0.3, -0.25) is 0 Å². The average Bonchev–Trinajstić information content (AvgIpc) is 3.10. The fourth-order valence-electron chi connectivity index (χ4n) is 2.68. The van der Waals surface area contributed by atoms with Crippen LogP contribution < -0.4 is 0 Å². The summed E-state index contributed by atoms with van der Waals surface area (Å²) in [6, 6.07) is 12.0. The zero-order valence-corrected chi connectivity index (χ0v) is 36.0. The number of hydrogen-bond donors (Lipinski definition) is 0. The number of ether oxygens (including phenoxy) is 4. The van der Waals surface area contributed by atoms with E-state index >= 15 is 0 Å². The molecule has 0 aliphatic heterocycles. The highest BCUT2D eigenvalue weighted by Crippen LogP contribution is 2.07. The summed E-state index contributed by atoms with van der Waals surface area (Å²) in [5.41, 5.74) is 0. The molecule has 0 fully saturated rings. The van der Waals surface area contributed by atoms with E-state index in [4.69, 9.17) is 27.8 Å². The highest BCUT2D eigenvalue weighted by Gasteiger charge is 2.23. The van der Waals surface area contributed by atoms with E-state index in [2.05, 4.69) is 89.3 Å². The third-order valence-corrected chi connectivity index (χ3v) is 7.07. The predicted molar refractivity (Wildman–Crippen MR) is 227 cm³/mol. The van der Waals surface area contributed by atoms with Gasteiger partial charge in [0.05, 0.1) is 38.1 Å². The number of rotatable bonds is 20. The van der Waals surface area contributed by atoms with Crippen molar-refractivity contribution in [2.75, 3.05) is 46.2 Å². The van der Waals surface area contributed by atoms with Crippen LogP contribution in [0.5, 0.6) is 0 Å². The standard InChI is InChI=1S/C11H24O2.C8H20O2Si.C8H18O2.C6H6.C3H8.2C2H6.2CH4/c1-6-9(3)12-8-11(5)13-10(4)7-2;1-5-7-9-11(3,4)10-8-6-2;1-3-5-9-7-8-10-6-4-2;1-2-4-6-5-3-1;1-3-2;2*1-2;;/h9-11H,6-8H2,1-5H3;5-8H2,1-4H3;3-8H2,1-2H3;1-6H;3H2,1-2H3;2*1-2H3;2*1H4. The molecule has 0 aliphatic carbocycles. The highest BCUT2D eigenvalue weighted by atomic mass is 28.4. The van der Waals surface area contributed by atoms with E-state index in [1.54, 1.807) is 0 Å². The van der Waals surface area contributed by atoms with Gasteiger partial charge in [0.1, 0.15) is 0 Å². The van der Waals surface area contributed by atoms with Crippen LogP contribution in [0.2, 0.25) is 13.1 Å². The second-order valence-electron chi connectivity index (χ2n) is 10.9. The fourth-order valence-corrected chi connectivity index (χ4v) is 4.16. The summed E-state index contributed by atoms with van der Waals surface area (Å²) < 4.78 is 32.8. The zero-order valence-electron chi connectivity index (χ0n) is 35.0. The Morgan fingerprint density at radius 2 is 0.776 bits per heavy atom. The highest BCUT2D eigenvalue weighted by molar-refractivity contribution is 6.64. The van der Waals surface area contributed by atoms with Gasteiger partial charge >= 0.3 is 8.56 Å². The monoisotopic (exact) mass is 725 g/mol. The smallest absolute Gasteiger partial charge is 0.331 e. The Kier molecular flexibility index (Phi) is 84.5. The van der Waals surface area contributed by atoms with E-state index in [9.17, 15) is 0 Å². The van der Waals surface area contributed by atoms with Crippen molar-refractivity contribution in [3.8, 4) is 0 Å². The predicted octanol–water partition coefficient (Wildman–Crippen LogP) is 13.8. The lowest BCUT2D eigenvalue weighted by atomic mass is 10.3. The molecule has 0 radical (unpaired) electrons. The summed E-state index contributed by atoms with van der Waals surface area (Å²) in [5, 5.41) is 0. The Labute approximate surface area is 313 Å². The first-order chi connectivity index (χ1) is 22.5. The Morgan fingerprint density at radius 3 is 1.04 bits per heavy atom. The van der Waals surface area contributed by atoms with Gasteiger partial charge in [0.2, 0.25) is 0 Å². The van der Waals surface area contributed by atoms with Crippen LogP contribution in [-0.2, 0) is 27.8 Å². The normalized spacial score (nSPS) is 11.2. The molecule has 304 valence electrons. The molecular formula is C42H96O6Si. The summed E-state index contributed by atoms with van der Waals surface area (Å²) in [6.45, 7) is 41.0. The molecule has 0 bridgehead atoms. The minimum Gasteiger partial charge on any atom is -0.395 e. The molecule has 1 aromatic carbocycles. The summed E-state index contributed by atoms with van der Waals surface area (Å²) in [6.07, 6.45) is 8.62. The van der Waals surface area contributed by atoms with Gasteiger partial charge in [0, 0.05) is 26.4 Å². The average molecular weight is 725 g/mol. The van der Waals surface area contributed by atoms with Crippen LogP contribution in [0.25, 0.3) is 0 Å². The van der Waals surface area contributed by atoms with E-state index in [-0.39, 0.29) is 21.0 Å². The van der Waals surface area contributed by atoms with E-state index in [0.717, 1.165) is 78.2 Å². The van der Waals surface area contributed by atoms with Gasteiger partial charge in [-0.05, 0) is 72.4 Å². The van der Waals surface area contributed by atoms with Crippen molar-refractivity contribution in [2.45, 2.75) is 195 Å². The second-order valence-corrected chi connectivity index (χ2v) is 14.3. The lowest BCUT2D eigenvalue weighted by molar-refractivity contribution is -0.0596. The molecule has 3 atom stereocenters. The minimum atomic E-state index is -1.75. The molecule has 0 spiro atoms. The lowest BCUT2D eigenvalue weighted by Crippen LogP contribution is -2.35. The third-order valence-electron chi connectivity index (χ3n) is 5.27. The maximum absolute atomic E-state index is 5.67. The van der Waals surface area contributed by atoms with Crippen molar-refractivity contribution >= 4 is 8.56 Å². The Bertz CT molecular complexity index is 533. The Balaban J connectivity index is -0.0000000719. The molecule has 3 unspecified atom stereocenters. The fraction of sp³-hybridized carbons (Fsp3) is 0.857. The molecular weight excluding hydrogens is 629 g/mol. The van der Waals surface area contributed by atoms with E-state index in [1.807, 2.05) is 64.1 Å². The zero-order chi connectivity index (χ0) is 37.6. The molecule has 0 saturated heterocycles. The molecule has 49 heavy (non-hydrogen) atoms. The van der Waals surface area contributed by atoms with Gasteiger partial charge in [-0.2, -0.15) is 0 Å². The maximum Gasteiger partial charge on any atom is 0.331 e. The van der Waals surface area contributed by atoms with Crippen LogP contribution in [0.1, 0.15) is 164 Å². The van der Waals surface area contributed by atoms with Crippen LogP contribution in [0.4, 0.5) is 0 Å². The van der Waals surface area contributed by atoms with Crippen molar-refractivity contribution in [3.63, 3.8) is 0 Å². The summed E-state index contributed by atoms with van der Waals surface area (Å²) in [5.74, 6) is 0. The first-order valence-corrected chi connectivity index (χ1v) is 22.1. The van der Waals surface area contributed by atoms with E-state index in [1.165, 1.54) is 6.42 Å². The Hall–Kier alpha value is -0.803. The first kappa shape index (κ1) is 66.4. The largest absolute Gasteiger partial charge is 0.395 e. The number of benzene rings is 1. The Morgan fingerprint density at radius 1 is 0.469 bits per heavy atom. The van der Waals surface area contributed by atoms with Gasteiger partial charge in [-0.25, -0.2) is 0 Å². The molecule has 7 heteroatoms. The van der Waals surface area contributed by atoms with Crippen molar-refractivity contribution < 1.29 is 27.8 Å². The van der Waals surface area contributed by atoms with Crippen molar-refractivity contribution in [2.24, 2.45) is 0 Å². The first-order valence-electron chi connectivity index (χ1n) is 19.2. The van der Waals surface area contributed by atoms with Crippen molar-refractivity contribution in [1.29, 1.82) is 0 Å². The van der Waals surface area contributed by atoms with Crippen molar-refractivity contribution in [1.82, 2.24) is 0 Å². The summed E-state index contributed by atoms with van der Waals surface area (Å²) in [7, 11) is -1.75. The van der Waals surface area contributed by atoms with Crippen molar-refractivity contribution in [3.05, 3.63) is 36.4 Å². The molecule has 1 rings (SSSR count).